The van der Waals surface area contributed by atoms with E-state index in [1.54, 1.807) is 14.1 Å². The standard InChI is InChI=1S/C22H29N5O3/c1-22(2,30)21(29)26(4)14-19-24-17(11-18(23-3)25-19)16-10-20(28)27(13-16)12-15-8-6-5-7-9-15/h5-9,11,16,30H,10,12-14H2,1-4H3,(H,23,24,25)/t16-/m0/s1. The molecule has 30 heavy (non-hydrogen) atoms. The number of likely N-dealkylation sites (N-methyl/N-ethyl adjacent to an activating group) is 1. The molecule has 0 radical (unpaired) electrons. The van der Waals surface area contributed by atoms with Crippen molar-refractivity contribution in [1.82, 2.24) is 19.8 Å². The van der Waals surface area contributed by atoms with Crippen molar-refractivity contribution in [2.75, 3.05) is 26.0 Å². The first-order valence-corrected chi connectivity index (χ1v) is 10.0. The first kappa shape index (κ1) is 21.7. The minimum absolute atomic E-state index is 0.0367. The monoisotopic (exact) mass is 411 g/mol. The van der Waals surface area contributed by atoms with Crippen LogP contribution < -0.4 is 5.32 Å². The van der Waals surface area contributed by atoms with E-state index >= 15 is 0 Å². The molecule has 1 aromatic heterocycles. The number of likely N-dealkylation sites (tertiary alicyclic amines) is 1. The summed E-state index contributed by atoms with van der Waals surface area (Å²) >= 11 is 0. The molecule has 1 fully saturated rings. The molecule has 1 saturated heterocycles. The summed E-state index contributed by atoms with van der Waals surface area (Å²) < 4.78 is 0. The molecule has 0 aliphatic carbocycles. The highest BCUT2D eigenvalue weighted by Gasteiger charge is 2.32. The number of aromatic nitrogens is 2. The lowest BCUT2D eigenvalue weighted by molar-refractivity contribution is -0.147. The van der Waals surface area contributed by atoms with Gasteiger partial charge in [-0.05, 0) is 19.4 Å². The molecule has 1 aliphatic rings. The third kappa shape index (κ3) is 5.13. The Kier molecular flexibility index (Phi) is 6.36. The fraction of sp³-hybridized carbons (Fsp3) is 0.455. The van der Waals surface area contributed by atoms with E-state index in [1.807, 2.05) is 41.3 Å². The predicted octanol–water partition coefficient (Wildman–Crippen LogP) is 1.76. The summed E-state index contributed by atoms with van der Waals surface area (Å²) in [7, 11) is 3.37. The average Bonchev–Trinajstić information content (AvgIpc) is 3.07. The van der Waals surface area contributed by atoms with Gasteiger partial charge in [0.05, 0.1) is 12.2 Å². The van der Waals surface area contributed by atoms with Crippen LogP contribution in [0.25, 0.3) is 0 Å². The van der Waals surface area contributed by atoms with E-state index in [2.05, 4.69) is 15.3 Å². The van der Waals surface area contributed by atoms with Gasteiger partial charge in [0.25, 0.3) is 5.91 Å². The number of hydrogen-bond donors (Lipinski definition) is 2. The Labute approximate surface area is 176 Å². The smallest absolute Gasteiger partial charge is 0.254 e. The van der Waals surface area contributed by atoms with E-state index in [0.717, 1.165) is 11.3 Å². The van der Waals surface area contributed by atoms with E-state index in [4.69, 9.17) is 0 Å². The van der Waals surface area contributed by atoms with Gasteiger partial charge in [-0.3, -0.25) is 9.59 Å². The van der Waals surface area contributed by atoms with Crippen LogP contribution >= 0.6 is 0 Å². The van der Waals surface area contributed by atoms with Gasteiger partial charge in [0.2, 0.25) is 5.91 Å². The normalized spacial score (nSPS) is 16.6. The maximum Gasteiger partial charge on any atom is 0.254 e. The Balaban J connectivity index is 1.76. The molecule has 8 nitrogen and oxygen atoms in total. The van der Waals surface area contributed by atoms with E-state index in [-0.39, 0.29) is 18.4 Å². The molecule has 2 amide bonds. The number of carbonyl (C=O) groups is 2. The van der Waals surface area contributed by atoms with Crippen LogP contribution in [-0.4, -0.2) is 62.9 Å². The zero-order valence-electron chi connectivity index (χ0n) is 17.9. The highest BCUT2D eigenvalue weighted by atomic mass is 16.3. The molecule has 1 atom stereocenters. The number of hydrogen-bond acceptors (Lipinski definition) is 6. The van der Waals surface area contributed by atoms with Gasteiger partial charge >= 0.3 is 0 Å². The molecule has 0 unspecified atom stereocenters. The largest absolute Gasteiger partial charge is 0.381 e. The molecule has 3 rings (SSSR count). The van der Waals surface area contributed by atoms with Crippen LogP contribution in [0.3, 0.4) is 0 Å². The van der Waals surface area contributed by atoms with E-state index in [9.17, 15) is 14.7 Å². The lowest BCUT2D eigenvalue weighted by Gasteiger charge is -2.24. The number of nitrogens with zero attached hydrogens (tertiary/aromatic N) is 4. The topological polar surface area (TPSA) is 98.7 Å². The summed E-state index contributed by atoms with van der Waals surface area (Å²) in [5.41, 5.74) is 0.406. The third-order valence-corrected chi connectivity index (χ3v) is 5.15. The first-order valence-electron chi connectivity index (χ1n) is 10.0. The van der Waals surface area contributed by atoms with Crippen LogP contribution in [0.1, 0.15) is 43.3 Å². The molecular formula is C22H29N5O3. The third-order valence-electron chi connectivity index (χ3n) is 5.15. The molecule has 2 heterocycles. The van der Waals surface area contributed by atoms with Crippen molar-refractivity contribution in [2.45, 2.75) is 44.9 Å². The Morgan fingerprint density at radius 3 is 2.63 bits per heavy atom. The molecule has 1 aliphatic heterocycles. The number of nitrogens with one attached hydrogen (secondary N) is 1. The lowest BCUT2D eigenvalue weighted by Crippen LogP contribution is -2.43. The second-order valence-electron chi connectivity index (χ2n) is 8.23. The van der Waals surface area contributed by atoms with Crippen LogP contribution in [0.15, 0.2) is 36.4 Å². The van der Waals surface area contributed by atoms with Crippen LogP contribution in [0.4, 0.5) is 5.82 Å². The summed E-state index contributed by atoms with van der Waals surface area (Å²) in [6, 6.07) is 11.8. The van der Waals surface area contributed by atoms with E-state index in [1.165, 1.54) is 18.7 Å². The second-order valence-corrected chi connectivity index (χ2v) is 8.23. The van der Waals surface area contributed by atoms with Crippen LogP contribution in [0, 0.1) is 0 Å². The molecule has 0 bridgehead atoms. The Morgan fingerprint density at radius 1 is 1.30 bits per heavy atom. The SMILES string of the molecule is CNc1cc([C@H]2CC(=O)N(Cc3ccccc3)C2)nc(CN(C)C(=O)C(C)(C)O)n1. The first-order chi connectivity index (χ1) is 14.2. The van der Waals surface area contributed by atoms with Crippen molar-refractivity contribution in [2.24, 2.45) is 0 Å². The van der Waals surface area contributed by atoms with Crippen molar-refractivity contribution < 1.29 is 14.7 Å². The van der Waals surface area contributed by atoms with Crippen molar-refractivity contribution in [1.29, 1.82) is 0 Å². The zero-order chi connectivity index (χ0) is 21.9. The average molecular weight is 412 g/mol. The Hall–Kier alpha value is -3.00. The minimum atomic E-state index is -1.46. The summed E-state index contributed by atoms with van der Waals surface area (Å²) in [5, 5.41) is 13.0. The molecule has 1 aromatic carbocycles. The summed E-state index contributed by atoms with van der Waals surface area (Å²) in [4.78, 5) is 37.2. The number of anilines is 1. The van der Waals surface area contributed by atoms with Gasteiger partial charge in [-0.15, -0.1) is 0 Å². The van der Waals surface area contributed by atoms with Crippen LogP contribution in [0.2, 0.25) is 0 Å². The van der Waals surface area contributed by atoms with E-state index in [0.29, 0.717) is 31.2 Å². The van der Waals surface area contributed by atoms with Crippen molar-refractivity contribution in [3.63, 3.8) is 0 Å². The second kappa shape index (κ2) is 8.79. The maximum atomic E-state index is 12.6. The molecular weight excluding hydrogens is 382 g/mol. The number of carbonyl (C=O) groups excluding carboxylic acids is 2. The molecule has 160 valence electrons. The van der Waals surface area contributed by atoms with Crippen molar-refractivity contribution >= 4 is 17.6 Å². The molecule has 2 N–H and O–H groups in total. The van der Waals surface area contributed by atoms with Crippen molar-refractivity contribution in [3.05, 3.63) is 53.5 Å². The van der Waals surface area contributed by atoms with Gasteiger partial charge in [-0.25, -0.2) is 9.97 Å². The van der Waals surface area contributed by atoms with Gasteiger partial charge in [-0.1, -0.05) is 30.3 Å². The maximum absolute atomic E-state index is 12.6. The lowest BCUT2D eigenvalue weighted by atomic mass is 10.0. The fourth-order valence-corrected chi connectivity index (χ4v) is 3.60. The van der Waals surface area contributed by atoms with Gasteiger partial charge in [0.15, 0.2) is 0 Å². The quantitative estimate of drug-likeness (QED) is 0.720. The Morgan fingerprint density at radius 2 is 2.00 bits per heavy atom. The van der Waals surface area contributed by atoms with E-state index < -0.39 is 11.5 Å². The highest BCUT2D eigenvalue weighted by molar-refractivity contribution is 5.83. The van der Waals surface area contributed by atoms with Crippen molar-refractivity contribution in [3.8, 4) is 0 Å². The van der Waals surface area contributed by atoms with Gasteiger partial charge in [0.1, 0.15) is 17.2 Å². The van der Waals surface area contributed by atoms with Crippen LogP contribution in [0.5, 0.6) is 0 Å². The molecule has 2 aromatic rings. The zero-order valence-corrected chi connectivity index (χ0v) is 17.9. The number of benzene rings is 1. The summed E-state index contributed by atoms with van der Waals surface area (Å²) in [6.07, 6.45) is 0.394. The molecule has 0 saturated carbocycles. The summed E-state index contributed by atoms with van der Waals surface area (Å²) in [5.74, 6) is 0.751. The molecule has 8 heteroatoms. The highest BCUT2D eigenvalue weighted by Crippen LogP contribution is 2.29. The minimum Gasteiger partial charge on any atom is -0.381 e. The number of aliphatic hydroxyl groups is 1. The molecule has 0 spiro atoms. The van der Waals surface area contributed by atoms with Gasteiger partial charge in [-0.2, -0.15) is 0 Å². The van der Waals surface area contributed by atoms with Crippen LogP contribution in [-0.2, 0) is 22.7 Å². The number of amides is 2. The number of rotatable bonds is 7. The summed E-state index contributed by atoms with van der Waals surface area (Å²) in [6.45, 7) is 4.24. The fourth-order valence-electron chi connectivity index (χ4n) is 3.60. The predicted molar refractivity (Wildman–Crippen MR) is 114 cm³/mol. The Bertz CT molecular complexity index is 911. The van der Waals surface area contributed by atoms with Gasteiger partial charge in [0, 0.05) is 45.6 Å². The van der Waals surface area contributed by atoms with Gasteiger partial charge < -0.3 is 20.2 Å².